The van der Waals surface area contributed by atoms with Gasteiger partial charge in [-0.25, -0.2) is 0 Å². The van der Waals surface area contributed by atoms with E-state index >= 15 is 0 Å². The van der Waals surface area contributed by atoms with Crippen LogP contribution < -0.4 is 5.46 Å². The average Bonchev–Trinajstić information content (AvgIpc) is 2.47. The summed E-state index contributed by atoms with van der Waals surface area (Å²) in [5.74, 6) is 0. The zero-order chi connectivity index (χ0) is 14.5. The number of piperidine rings is 1. The number of benzene rings is 1. The van der Waals surface area contributed by atoms with Gasteiger partial charge in [0.1, 0.15) is 0 Å². The Hall–Kier alpha value is -0.875. The number of rotatable bonds is 5. The van der Waals surface area contributed by atoms with Gasteiger partial charge < -0.3 is 14.9 Å². The molecule has 0 bridgehead atoms. The molecule has 4 nitrogen and oxygen atoms in total. The van der Waals surface area contributed by atoms with Crippen LogP contribution in [0.15, 0.2) is 24.3 Å². The predicted octanol–water partition coefficient (Wildman–Crippen LogP) is 0.283. The molecule has 1 aromatic carbocycles. The van der Waals surface area contributed by atoms with Gasteiger partial charge in [0.2, 0.25) is 0 Å². The lowest BCUT2D eigenvalue weighted by atomic mass is 9.79. The summed E-state index contributed by atoms with van der Waals surface area (Å²) in [6, 6.07) is 8.18. The molecule has 2 rings (SSSR count). The van der Waals surface area contributed by atoms with Crippen LogP contribution in [-0.4, -0.2) is 59.7 Å². The average molecular weight is 276 g/mol. The van der Waals surface area contributed by atoms with Crippen LogP contribution in [0.2, 0.25) is 0 Å². The van der Waals surface area contributed by atoms with Crippen molar-refractivity contribution in [1.29, 1.82) is 0 Å². The van der Waals surface area contributed by atoms with E-state index in [0.717, 1.165) is 18.7 Å². The van der Waals surface area contributed by atoms with E-state index in [9.17, 15) is 10.0 Å². The van der Waals surface area contributed by atoms with Gasteiger partial charge in [0, 0.05) is 12.6 Å². The Kier molecular flexibility index (Phi) is 5.60. The van der Waals surface area contributed by atoms with Crippen molar-refractivity contribution in [1.82, 2.24) is 9.80 Å². The molecule has 0 radical (unpaired) electrons. The lowest BCUT2D eigenvalue weighted by Gasteiger charge is -2.36. The molecular weight excluding hydrogens is 251 g/mol. The van der Waals surface area contributed by atoms with Crippen LogP contribution in [0.5, 0.6) is 0 Å². The van der Waals surface area contributed by atoms with Crippen LogP contribution in [0.3, 0.4) is 0 Å². The summed E-state index contributed by atoms with van der Waals surface area (Å²) in [4.78, 5) is 4.88. The molecule has 2 N–H and O–H groups in total. The summed E-state index contributed by atoms with van der Waals surface area (Å²) in [6.45, 7) is 6.59. The monoisotopic (exact) mass is 276 g/mol. The highest BCUT2D eigenvalue weighted by Gasteiger charge is 2.21. The predicted molar refractivity (Wildman–Crippen MR) is 82.9 cm³/mol. The van der Waals surface area contributed by atoms with E-state index in [1.165, 1.54) is 25.9 Å². The minimum absolute atomic E-state index is 0.566. The highest BCUT2D eigenvalue weighted by molar-refractivity contribution is 6.58. The highest BCUT2D eigenvalue weighted by Crippen LogP contribution is 2.17. The van der Waals surface area contributed by atoms with Gasteiger partial charge in [0.05, 0.1) is 0 Å². The summed E-state index contributed by atoms with van der Waals surface area (Å²) < 4.78 is 0. The fraction of sp³-hybridized carbons (Fsp3) is 0.600. The molecule has 1 saturated heterocycles. The Morgan fingerprint density at radius 1 is 1.30 bits per heavy atom. The van der Waals surface area contributed by atoms with Crippen molar-refractivity contribution in [3.63, 3.8) is 0 Å². The number of hydrogen-bond donors (Lipinski definition) is 2. The van der Waals surface area contributed by atoms with E-state index in [2.05, 4.69) is 23.8 Å². The van der Waals surface area contributed by atoms with Gasteiger partial charge in [0.25, 0.3) is 0 Å². The molecule has 110 valence electrons. The van der Waals surface area contributed by atoms with E-state index < -0.39 is 7.12 Å². The van der Waals surface area contributed by atoms with Gasteiger partial charge in [0.15, 0.2) is 0 Å². The second kappa shape index (κ2) is 7.22. The molecule has 0 unspecified atom stereocenters. The van der Waals surface area contributed by atoms with Gasteiger partial charge in [-0.1, -0.05) is 31.2 Å². The second-order valence-electron chi connectivity index (χ2n) is 5.70. The van der Waals surface area contributed by atoms with Crippen molar-refractivity contribution in [2.45, 2.75) is 32.4 Å². The third kappa shape index (κ3) is 4.06. The first kappa shape index (κ1) is 15.5. The molecule has 0 spiro atoms. The Bertz CT molecular complexity index is 420. The molecule has 1 fully saturated rings. The second-order valence-corrected chi connectivity index (χ2v) is 5.70. The van der Waals surface area contributed by atoms with Crippen LogP contribution >= 0.6 is 0 Å². The molecule has 0 amide bonds. The largest absolute Gasteiger partial charge is 0.488 e. The normalized spacial score (nSPS) is 17.6. The minimum Gasteiger partial charge on any atom is -0.423 e. The van der Waals surface area contributed by atoms with Crippen LogP contribution in [-0.2, 0) is 6.54 Å². The first-order valence-electron chi connectivity index (χ1n) is 7.47. The van der Waals surface area contributed by atoms with E-state index in [4.69, 9.17) is 0 Å². The fourth-order valence-corrected chi connectivity index (χ4v) is 2.95. The van der Waals surface area contributed by atoms with Gasteiger partial charge in [-0.05, 0) is 50.5 Å². The van der Waals surface area contributed by atoms with Crippen LogP contribution in [0, 0.1) is 0 Å². The molecular formula is C15H25BN2O2. The number of nitrogens with zero attached hydrogens (tertiary/aromatic N) is 2. The van der Waals surface area contributed by atoms with Crippen molar-refractivity contribution >= 4 is 12.6 Å². The van der Waals surface area contributed by atoms with E-state index in [0.29, 0.717) is 11.5 Å². The zero-order valence-corrected chi connectivity index (χ0v) is 12.5. The van der Waals surface area contributed by atoms with E-state index in [-0.39, 0.29) is 0 Å². The Balaban J connectivity index is 1.91. The molecule has 5 heteroatoms. The van der Waals surface area contributed by atoms with Crippen molar-refractivity contribution < 1.29 is 10.0 Å². The van der Waals surface area contributed by atoms with Crippen molar-refractivity contribution in [2.75, 3.05) is 26.7 Å². The van der Waals surface area contributed by atoms with Crippen LogP contribution in [0.25, 0.3) is 0 Å². The molecule has 0 saturated carbocycles. The topological polar surface area (TPSA) is 46.9 Å². The third-order valence-electron chi connectivity index (χ3n) is 4.31. The van der Waals surface area contributed by atoms with E-state index in [1.807, 2.05) is 18.2 Å². The van der Waals surface area contributed by atoms with Gasteiger partial charge >= 0.3 is 7.12 Å². The molecule has 0 atom stereocenters. The lowest BCUT2D eigenvalue weighted by Crippen LogP contribution is -2.43. The van der Waals surface area contributed by atoms with Gasteiger partial charge in [-0.2, -0.15) is 0 Å². The van der Waals surface area contributed by atoms with Crippen molar-refractivity contribution in [3.05, 3.63) is 29.8 Å². The Morgan fingerprint density at radius 3 is 2.60 bits per heavy atom. The molecule has 20 heavy (non-hydrogen) atoms. The minimum atomic E-state index is -1.38. The maximum absolute atomic E-state index is 9.22. The molecule has 1 aliphatic rings. The Morgan fingerprint density at radius 2 is 2.00 bits per heavy atom. The number of likely N-dealkylation sites (tertiary alicyclic amines) is 1. The lowest BCUT2D eigenvalue weighted by molar-refractivity contribution is 0.127. The molecule has 0 aromatic heterocycles. The standard InChI is InChI=1S/C15H25BN2O2/c1-3-18-9-7-15(8-10-18)17(2)12-13-5-4-6-14(11-13)16(19)20/h4-6,11,15,19-20H,3,7-10,12H2,1-2H3. The van der Waals surface area contributed by atoms with E-state index in [1.54, 1.807) is 6.07 Å². The highest BCUT2D eigenvalue weighted by atomic mass is 16.4. The van der Waals surface area contributed by atoms with Crippen LogP contribution in [0.4, 0.5) is 0 Å². The zero-order valence-electron chi connectivity index (χ0n) is 12.5. The first-order valence-corrected chi connectivity index (χ1v) is 7.47. The maximum atomic E-state index is 9.22. The third-order valence-corrected chi connectivity index (χ3v) is 4.31. The smallest absolute Gasteiger partial charge is 0.423 e. The summed E-state index contributed by atoms with van der Waals surface area (Å²) in [5, 5.41) is 18.4. The summed E-state index contributed by atoms with van der Waals surface area (Å²) in [6.07, 6.45) is 2.43. The SMILES string of the molecule is CCN1CCC(N(C)Cc2cccc(B(O)O)c2)CC1. The van der Waals surface area contributed by atoms with Crippen LogP contribution in [0.1, 0.15) is 25.3 Å². The molecule has 1 aromatic rings. The number of hydrogen-bond acceptors (Lipinski definition) is 4. The molecule has 0 aliphatic carbocycles. The van der Waals surface area contributed by atoms with Crippen molar-refractivity contribution in [3.8, 4) is 0 Å². The molecule has 1 aliphatic heterocycles. The van der Waals surface area contributed by atoms with Gasteiger partial charge in [-0.15, -0.1) is 0 Å². The fourth-order valence-electron chi connectivity index (χ4n) is 2.95. The summed E-state index contributed by atoms with van der Waals surface area (Å²) in [7, 11) is 0.780. The first-order chi connectivity index (χ1) is 9.60. The Labute approximate surface area is 122 Å². The quantitative estimate of drug-likeness (QED) is 0.759. The summed E-state index contributed by atoms with van der Waals surface area (Å²) in [5.41, 5.74) is 1.70. The van der Waals surface area contributed by atoms with Crippen molar-refractivity contribution in [2.24, 2.45) is 0 Å². The van der Waals surface area contributed by atoms with Gasteiger partial charge in [-0.3, -0.25) is 4.90 Å². The molecule has 1 heterocycles. The maximum Gasteiger partial charge on any atom is 0.488 e. The summed E-state index contributed by atoms with van der Waals surface area (Å²) >= 11 is 0.